The second kappa shape index (κ2) is 5.92. The first-order valence-electron chi connectivity index (χ1n) is 6.98. The van der Waals surface area contributed by atoms with E-state index in [1.807, 2.05) is 6.92 Å². The number of aromatic hydroxyl groups is 1. The summed E-state index contributed by atoms with van der Waals surface area (Å²) in [5, 5.41) is 29.1. The van der Waals surface area contributed by atoms with Crippen molar-refractivity contribution in [3.63, 3.8) is 0 Å². The third kappa shape index (κ3) is 2.72. The average Bonchev–Trinajstić information content (AvgIpc) is 2.54. The number of nitrogens with zero attached hydrogens (tertiary/aromatic N) is 3. The van der Waals surface area contributed by atoms with E-state index in [2.05, 4.69) is 15.2 Å². The summed E-state index contributed by atoms with van der Waals surface area (Å²) in [6.07, 6.45) is 0. The smallest absolute Gasteiger partial charge is 0.296 e. The van der Waals surface area contributed by atoms with Crippen LogP contribution in [0, 0.1) is 17.0 Å². The van der Waals surface area contributed by atoms with E-state index in [1.165, 1.54) is 18.2 Å². The molecule has 0 bridgehead atoms. The van der Waals surface area contributed by atoms with Gasteiger partial charge in [-0.1, -0.05) is 18.2 Å². The molecule has 0 aliphatic heterocycles. The number of aromatic nitrogens is 1. The molecule has 1 heterocycles. The molecule has 0 unspecified atom stereocenters. The summed E-state index contributed by atoms with van der Waals surface area (Å²) in [4.78, 5) is 25.1. The van der Waals surface area contributed by atoms with Crippen molar-refractivity contribution >= 4 is 28.0 Å². The van der Waals surface area contributed by atoms with Crippen LogP contribution < -0.4 is 5.56 Å². The second-order valence-corrected chi connectivity index (χ2v) is 5.15. The van der Waals surface area contributed by atoms with Crippen LogP contribution >= 0.6 is 0 Å². The number of hydrogen-bond donors (Lipinski definition) is 2. The molecule has 0 saturated carbocycles. The lowest BCUT2D eigenvalue weighted by atomic mass is 10.1. The van der Waals surface area contributed by atoms with Gasteiger partial charge in [-0.15, -0.1) is 10.2 Å². The summed E-state index contributed by atoms with van der Waals surface area (Å²) in [5.41, 5.74) is 0.213. The molecule has 0 amide bonds. The van der Waals surface area contributed by atoms with Crippen molar-refractivity contribution < 1.29 is 10.0 Å². The van der Waals surface area contributed by atoms with Crippen molar-refractivity contribution in [1.29, 1.82) is 0 Å². The minimum atomic E-state index is -0.632. The molecule has 0 spiro atoms. The van der Waals surface area contributed by atoms with E-state index in [4.69, 9.17) is 0 Å². The molecule has 120 valence electrons. The fourth-order valence-electron chi connectivity index (χ4n) is 2.28. The summed E-state index contributed by atoms with van der Waals surface area (Å²) in [6, 6.07) is 10.9. The van der Waals surface area contributed by atoms with E-state index in [-0.39, 0.29) is 22.8 Å². The Morgan fingerprint density at radius 3 is 2.67 bits per heavy atom. The molecule has 0 fully saturated rings. The quantitative estimate of drug-likeness (QED) is 0.431. The zero-order chi connectivity index (χ0) is 17.3. The molecule has 0 radical (unpaired) electrons. The van der Waals surface area contributed by atoms with Crippen molar-refractivity contribution in [3.8, 4) is 5.75 Å². The molecule has 0 aliphatic carbocycles. The van der Waals surface area contributed by atoms with E-state index >= 15 is 0 Å². The highest BCUT2D eigenvalue weighted by Gasteiger charge is 2.14. The summed E-state index contributed by atoms with van der Waals surface area (Å²) >= 11 is 0. The fourth-order valence-corrected chi connectivity index (χ4v) is 2.28. The minimum absolute atomic E-state index is 0.00898. The third-order valence-electron chi connectivity index (χ3n) is 3.45. The highest BCUT2D eigenvalue weighted by Crippen LogP contribution is 2.33. The van der Waals surface area contributed by atoms with Crippen LogP contribution in [0.2, 0.25) is 0 Å². The van der Waals surface area contributed by atoms with E-state index in [0.29, 0.717) is 10.9 Å². The first-order chi connectivity index (χ1) is 11.5. The number of benzene rings is 2. The number of rotatable bonds is 3. The van der Waals surface area contributed by atoms with Crippen LogP contribution in [-0.4, -0.2) is 15.0 Å². The standard InChI is InChI=1S/C16H12N4O4/c1-9-6-7-10-12(8-9)17-16(22)14(15(10)21)19-18-11-4-2-3-5-13(11)20(23)24/h2-8H,1H3,(H2,17,21,22). The van der Waals surface area contributed by atoms with Crippen LogP contribution in [0.1, 0.15) is 5.56 Å². The van der Waals surface area contributed by atoms with Crippen molar-refractivity contribution in [3.05, 3.63) is 68.5 Å². The maximum Gasteiger partial charge on any atom is 0.296 e. The van der Waals surface area contributed by atoms with Gasteiger partial charge in [-0.05, 0) is 30.7 Å². The van der Waals surface area contributed by atoms with Gasteiger partial charge in [0, 0.05) is 11.5 Å². The van der Waals surface area contributed by atoms with Crippen LogP contribution in [0.4, 0.5) is 17.1 Å². The van der Waals surface area contributed by atoms with Gasteiger partial charge in [-0.25, -0.2) is 0 Å². The summed E-state index contributed by atoms with van der Waals surface area (Å²) < 4.78 is 0. The Kier molecular flexibility index (Phi) is 3.78. The van der Waals surface area contributed by atoms with Crippen molar-refractivity contribution in [2.75, 3.05) is 0 Å². The molecular weight excluding hydrogens is 312 g/mol. The number of aryl methyl sites for hydroxylation is 1. The number of fused-ring (bicyclic) bond motifs is 1. The van der Waals surface area contributed by atoms with Gasteiger partial charge in [-0.2, -0.15) is 0 Å². The molecule has 3 aromatic rings. The van der Waals surface area contributed by atoms with E-state index in [0.717, 1.165) is 5.56 Å². The number of para-hydroxylation sites is 1. The highest BCUT2D eigenvalue weighted by molar-refractivity contribution is 5.89. The first-order valence-corrected chi connectivity index (χ1v) is 6.98. The van der Waals surface area contributed by atoms with Gasteiger partial charge in [0.2, 0.25) is 0 Å². The second-order valence-electron chi connectivity index (χ2n) is 5.15. The fraction of sp³-hybridized carbons (Fsp3) is 0.0625. The predicted molar refractivity (Wildman–Crippen MR) is 88.2 cm³/mol. The van der Waals surface area contributed by atoms with Crippen molar-refractivity contribution in [2.24, 2.45) is 10.2 Å². The third-order valence-corrected chi connectivity index (χ3v) is 3.45. The molecule has 2 N–H and O–H groups in total. The number of nitro benzene ring substituents is 1. The van der Waals surface area contributed by atoms with E-state index in [9.17, 15) is 20.0 Å². The van der Waals surface area contributed by atoms with Gasteiger partial charge in [-0.3, -0.25) is 14.9 Å². The van der Waals surface area contributed by atoms with Crippen molar-refractivity contribution in [1.82, 2.24) is 4.98 Å². The summed E-state index contributed by atoms with van der Waals surface area (Å²) in [5.74, 6) is -0.323. The molecule has 0 atom stereocenters. The molecular formula is C16H12N4O4. The number of nitrogens with one attached hydrogen (secondary N) is 1. The number of aromatic amines is 1. The van der Waals surface area contributed by atoms with Gasteiger partial charge in [0.25, 0.3) is 11.2 Å². The number of azo groups is 1. The normalized spacial score (nSPS) is 11.2. The largest absolute Gasteiger partial charge is 0.505 e. The maximum atomic E-state index is 12.1. The topological polar surface area (TPSA) is 121 Å². The Bertz CT molecular complexity index is 1040. The Hall–Kier alpha value is -3.55. The SMILES string of the molecule is Cc1ccc2c(O)c(N=Nc3ccccc3[N+](=O)[O-])c(=O)[nH]c2c1. The zero-order valence-corrected chi connectivity index (χ0v) is 12.6. The van der Waals surface area contributed by atoms with Crippen LogP contribution in [0.5, 0.6) is 5.75 Å². The van der Waals surface area contributed by atoms with Gasteiger partial charge in [0.05, 0.1) is 10.4 Å². The Labute approximate surface area is 135 Å². The molecule has 24 heavy (non-hydrogen) atoms. The minimum Gasteiger partial charge on any atom is -0.505 e. The Morgan fingerprint density at radius 2 is 1.92 bits per heavy atom. The van der Waals surface area contributed by atoms with Crippen molar-refractivity contribution in [2.45, 2.75) is 6.92 Å². The van der Waals surface area contributed by atoms with E-state index in [1.54, 1.807) is 24.3 Å². The first kappa shape index (κ1) is 15.3. The van der Waals surface area contributed by atoms with Crippen LogP contribution in [-0.2, 0) is 0 Å². The molecule has 3 rings (SSSR count). The average molecular weight is 324 g/mol. The molecule has 8 heteroatoms. The lowest BCUT2D eigenvalue weighted by Crippen LogP contribution is -2.05. The van der Waals surface area contributed by atoms with Crippen LogP contribution in [0.3, 0.4) is 0 Å². The monoisotopic (exact) mass is 324 g/mol. The molecule has 2 aromatic carbocycles. The van der Waals surface area contributed by atoms with Gasteiger partial charge in [0.15, 0.2) is 17.1 Å². The summed E-state index contributed by atoms with van der Waals surface area (Å²) in [7, 11) is 0. The maximum absolute atomic E-state index is 12.1. The van der Waals surface area contributed by atoms with Crippen LogP contribution in [0.15, 0.2) is 57.5 Å². The highest BCUT2D eigenvalue weighted by atomic mass is 16.6. The Balaban J connectivity index is 2.13. The summed E-state index contributed by atoms with van der Waals surface area (Å²) in [6.45, 7) is 1.86. The van der Waals surface area contributed by atoms with Gasteiger partial charge >= 0.3 is 0 Å². The van der Waals surface area contributed by atoms with Gasteiger partial charge < -0.3 is 10.1 Å². The Morgan fingerprint density at radius 1 is 1.17 bits per heavy atom. The number of hydrogen-bond acceptors (Lipinski definition) is 6. The lowest BCUT2D eigenvalue weighted by molar-refractivity contribution is -0.384. The molecule has 8 nitrogen and oxygen atoms in total. The number of H-pyrrole nitrogens is 1. The van der Waals surface area contributed by atoms with Crippen LogP contribution in [0.25, 0.3) is 10.9 Å². The van der Waals surface area contributed by atoms with E-state index < -0.39 is 10.5 Å². The zero-order valence-electron chi connectivity index (χ0n) is 12.6. The molecule has 0 saturated heterocycles. The molecule has 0 aliphatic rings. The predicted octanol–water partition coefficient (Wildman–Crippen LogP) is 3.87. The number of pyridine rings is 1. The number of nitro groups is 1. The molecule has 1 aromatic heterocycles. The lowest BCUT2D eigenvalue weighted by Gasteiger charge is -2.04. The van der Waals surface area contributed by atoms with Gasteiger partial charge in [0.1, 0.15) is 0 Å².